The van der Waals surface area contributed by atoms with Gasteiger partial charge < -0.3 is 10.5 Å². The number of nitrogen functional groups attached to an aromatic ring is 1. The SMILES string of the molecule is CCCCN(CC)Cc1ccc(OC)c(C(=N)N)c1. The van der Waals surface area contributed by atoms with Crippen LogP contribution in [0.15, 0.2) is 18.2 Å². The highest BCUT2D eigenvalue weighted by molar-refractivity contribution is 5.97. The van der Waals surface area contributed by atoms with E-state index in [0.29, 0.717) is 11.3 Å². The predicted octanol–water partition coefficient (Wildman–Crippen LogP) is 2.60. The van der Waals surface area contributed by atoms with E-state index in [1.807, 2.05) is 18.2 Å². The maximum Gasteiger partial charge on any atom is 0.129 e. The van der Waals surface area contributed by atoms with Crippen LogP contribution in [0.1, 0.15) is 37.8 Å². The molecule has 0 aromatic heterocycles. The topological polar surface area (TPSA) is 62.3 Å². The summed E-state index contributed by atoms with van der Waals surface area (Å²) >= 11 is 0. The number of rotatable bonds is 8. The highest BCUT2D eigenvalue weighted by atomic mass is 16.5. The van der Waals surface area contributed by atoms with Gasteiger partial charge in [-0.15, -0.1) is 0 Å². The van der Waals surface area contributed by atoms with E-state index in [9.17, 15) is 0 Å². The van der Waals surface area contributed by atoms with E-state index in [0.717, 1.165) is 19.6 Å². The molecule has 1 aromatic carbocycles. The van der Waals surface area contributed by atoms with Gasteiger partial charge in [0.05, 0.1) is 12.7 Å². The number of unbranched alkanes of at least 4 members (excludes halogenated alkanes) is 1. The molecule has 0 fully saturated rings. The van der Waals surface area contributed by atoms with Gasteiger partial charge in [-0.25, -0.2) is 0 Å². The summed E-state index contributed by atoms with van der Waals surface area (Å²) in [6.07, 6.45) is 2.42. The van der Waals surface area contributed by atoms with Gasteiger partial charge >= 0.3 is 0 Å². The van der Waals surface area contributed by atoms with Gasteiger partial charge in [-0.1, -0.05) is 26.3 Å². The van der Waals surface area contributed by atoms with E-state index in [-0.39, 0.29) is 5.84 Å². The van der Waals surface area contributed by atoms with Gasteiger partial charge in [0.1, 0.15) is 11.6 Å². The second-order valence-corrected chi connectivity index (χ2v) is 4.67. The molecule has 0 amide bonds. The van der Waals surface area contributed by atoms with Crippen molar-refractivity contribution in [1.29, 1.82) is 5.41 Å². The minimum absolute atomic E-state index is 0.0512. The number of nitrogens with zero attached hydrogens (tertiary/aromatic N) is 1. The number of hydrogen-bond acceptors (Lipinski definition) is 3. The average Bonchev–Trinajstić information content (AvgIpc) is 2.43. The molecule has 0 radical (unpaired) electrons. The second kappa shape index (κ2) is 7.79. The molecule has 3 N–H and O–H groups in total. The monoisotopic (exact) mass is 263 g/mol. The first-order chi connectivity index (χ1) is 9.12. The predicted molar refractivity (Wildman–Crippen MR) is 79.9 cm³/mol. The third-order valence-corrected chi connectivity index (χ3v) is 3.24. The molecule has 0 aliphatic carbocycles. The Morgan fingerprint density at radius 2 is 2.11 bits per heavy atom. The summed E-state index contributed by atoms with van der Waals surface area (Å²) in [7, 11) is 1.60. The number of nitrogens with two attached hydrogens (primary N) is 1. The Balaban J connectivity index is 2.83. The standard InChI is InChI=1S/C15H25N3O/c1-4-6-9-18(5-2)11-12-7-8-14(19-3)13(10-12)15(16)17/h7-8,10H,4-6,9,11H2,1-3H3,(H3,16,17). The summed E-state index contributed by atoms with van der Waals surface area (Å²) < 4.78 is 5.22. The number of benzene rings is 1. The normalized spacial score (nSPS) is 10.7. The first-order valence-electron chi connectivity index (χ1n) is 6.86. The Morgan fingerprint density at radius 3 is 2.63 bits per heavy atom. The molecule has 0 unspecified atom stereocenters. The second-order valence-electron chi connectivity index (χ2n) is 4.67. The third kappa shape index (κ3) is 4.56. The Kier molecular flexibility index (Phi) is 6.36. The molecule has 0 aliphatic heterocycles. The fourth-order valence-corrected chi connectivity index (χ4v) is 2.05. The van der Waals surface area contributed by atoms with E-state index in [2.05, 4.69) is 18.7 Å². The van der Waals surface area contributed by atoms with Gasteiger partial charge in [0.15, 0.2) is 0 Å². The largest absolute Gasteiger partial charge is 0.496 e. The van der Waals surface area contributed by atoms with Crippen LogP contribution in [0.5, 0.6) is 5.75 Å². The lowest BCUT2D eigenvalue weighted by Crippen LogP contribution is -2.24. The van der Waals surface area contributed by atoms with Crippen LogP contribution in [0.3, 0.4) is 0 Å². The lowest BCUT2D eigenvalue weighted by atomic mass is 10.1. The molecule has 0 heterocycles. The van der Waals surface area contributed by atoms with Crippen LogP contribution in [-0.2, 0) is 6.54 Å². The summed E-state index contributed by atoms with van der Waals surface area (Å²) in [6.45, 7) is 7.40. The molecule has 0 bridgehead atoms. The minimum atomic E-state index is 0.0512. The first kappa shape index (κ1) is 15.5. The van der Waals surface area contributed by atoms with E-state index < -0.39 is 0 Å². The summed E-state index contributed by atoms with van der Waals surface area (Å²) in [5.74, 6) is 0.711. The number of amidine groups is 1. The maximum absolute atomic E-state index is 7.60. The van der Waals surface area contributed by atoms with Crippen LogP contribution in [0.2, 0.25) is 0 Å². The zero-order valence-corrected chi connectivity index (χ0v) is 12.2. The van der Waals surface area contributed by atoms with Gasteiger partial charge in [-0.3, -0.25) is 10.3 Å². The molecule has 0 aliphatic rings. The van der Waals surface area contributed by atoms with Crippen molar-refractivity contribution in [3.63, 3.8) is 0 Å². The van der Waals surface area contributed by atoms with Gasteiger partial charge in [0.2, 0.25) is 0 Å². The summed E-state index contributed by atoms with van der Waals surface area (Å²) in [6, 6.07) is 5.88. The molecule has 0 saturated heterocycles. The molecular formula is C15H25N3O. The Labute approximate surface area is 116 Å². The zero-order chi connectivity index (χ0) is 14.3. The number of ether oxygens (including phenoxy) is 1. The van der Waals surface area contributed by atoms with Crippen molar-refractivity contribution >= 4 is 5.84 Å². The molecule has 4 nitrogen and oxygen atoms in total. The molecule has 0 saturated carbocycles. The van der Waals surface area contributed by atoms with Crippen molar-refractivity contribution in [2.24, 2.45) is 5.73 Å². The molecular weight excluding hydrogens is 238 g/mol. The van der Waals surface area contributed by atoms with Crippen LogP contribution in [0, 0.1) is 5.41 Å². The van der Waals surface area contributed by atoms with Crippen LogP contribution in [0.4, 0.5) is 0 Å². The van der Waals surface area contributed by atoms with E-state index in [1.165, 1.54) is 18.4 Å². The third-order valence-electron chi connectivity index (χ3n) is 3.24. The Morgan fingerprint density at radius 1 is 1.37 bits per heavy atom. The van der Waals surface area contributed by atoms with Gasteiger partial charge in [-0.2, -0.15) is 0 Å². The Hall–Kier alpha value is -1.55. The smallest absolute Gasteiger partial charge is 0.129 e. The van der Waals surface area contributed by atoms with Crippen molar-refractivity contribution in [1.82, 2.24) is 4.90 Å². The van der Waals surface area contributed by atoms with Crippen LogP contribution >= 0.6 is 0 Å². The molecule has 1 rings (SSSR count). The van der Waals surface area contributed by atoms with Gasteiger partial charge in [-0.05, 0) is 37.2 Å². The molecule has 0 atom stereocenters. The van der Waals surface area contributed by atoms with Crippen LogP contribution in [0.25, 0.3) is 0 Å². The highest BCUT2D eigenvalue weighted by Crippen LogP contribution is 2.20. The van der Waals surface area contributed by atoms with Crippen LogP contribution in [-0.4, -0.2) is 30.9 Å². The molecule has 4 heteroatoms. The fraction of sp³-hybridized carbons (Fsp3) is 0.533. The first-order valence-corrected chi connectivity index (χ1v) is 6.86. The molecule has 19 heavy (non-hydrogen) atoms. The summed E-state index contributed by atoms with van der Waals surface area (Å²) in [5.41, 5.74) is 7.44. The minimum Gasteiger partial charge on any atom is -0.496 e. The van der Waals surface area contributed by atoms with Crippen molar-refractivity contribution in [2.45, 2.75) is 33.2 Å². The maximum atomic E-state index is 7.60. The lowest BCUT2D eigenvalue weighted by Gasteiger charge is -2.20. The molecule has 1 aromatic rings. The summed E-state index contributed by atoms with van der Waals surface area (Å²) in [5, 5.41) is 7.60. The zero-order valence-electron chi connectivity index (χ0n) is 12.2. The lowest BCUT2D eigenvalue weighted by molar-refractivity contribution is 0.275. The quantitative estimate of drug-likeness (QED) is 0.560. The number of methoxy groups -OCH3 is 1. The van der Waals surface area contributed by atoms with E-state index in [1.54, 1.807) is 7.11 Å². The Bertz CT molecular complexity index is 418. The van der Waals surface area contributed by atoms with Crippen molar-refractivity contribution in [3.05, 3.63) is 29.3 Å². The van der Waals surface area contributed by atoms with Gasteiger partial charge in [0.25, 0.3) is 0 Å². The van der Waals surface area contributed by atoms with E-state index >= 15 is 0 Å². The van der Waals surface area contributed by atoms with Crippen molar-refractivity contribution in [2.75, 3.05) is 20.2 Å². The van der Waals surface area contributed by atoms with Crippen LogP contribution < -0.4 is 10.5 Å². The number of hydrogen-bond donors (Lipinski definition) is 2. The number of nitrogens with one attached hydrogen (secondary N) is 1. The average molecular weight is 263 g/mol. The van der Waals surface area contributed by atoms with E-state index in [4.69, 9.17) is 15.9 Å². The highest BCUT2D eigenvalue weighted by Gasteiger charge is 2.09. The molecule has 0 spiro atoms. The molecule has 106 valence electrons. The fourth-order valence-electron chi connectivity index (χ4n) is 2.05. The summed E-state index contributed by atoms with van der Waals surface area (Å²) in [4.78, 5) is 2.40. The van der Waals surface area contributed by atoms with Gasteiger partial charge in [0, 0.05) is 6.54 Å². The van der Waals surface area contributed by atoms with Crippen molar-refractivity contribution < 1.29 is 4.74 Å². The van der Waals surface area contributed by atoms with Crippen molar-refractivity contribution in [3.8, 4) is 5.75 Å².